The maximum Gasteiger partial charge on any atom is 0.191 e. The first-order valence-corrected chi connectivity index (χ1v) is 8.41. The Morgan fingerprint density at radius 3 is 2.95 bits per heavy atom. The molecule has 2 fully saturated rings. The first-order valence-electron chi connectivity index (χ1n) is 7.42. The fraction of sp³-hybridized carbons (Fsp3) is 0.846. The van der Waals surface area contributed by atoms with Crippen molar-refractivity contribution >= 4 is 11.8 Å². The van der Waals surface area contributed by atoms with E-state index >= 15 is 0 Å². The molecule has 1 saturated carbocycles. The highest BCUT2D eigenvalue weighted by Crippen LogP contribution is 2.38. The third-order valence-corrected chi connectivity index (χ3v) is 4.97. The Morgan fingerprint density at radius 2 is 2.25 bits per heavy atom. The fourth-order valence-corrected chi connectivity index (χ4v) is 3.61. The molecule has 0 spiro atoms. The second kappa shape index (κ2) is 6.43. The number of ether oxygens (including phenoxy) is 1. The van der Waals surface area contributed by atoms with Gasteiger partial charge in [0, 0.05) is 24.9 Å². The Morgan fingerprint density at radius 1 is 1.40 bits per heavy atom. The second-order valence-corrected chi connectivity index (χ2v) is 6.39. The van der Waals surface area contributed by atoms with E-state index in [-0.39, 0.29) is 0 Å². The molecule has 1 aliphatic heterocycles. The molecule has 2 heterocycles. The monoisotopic (exact) mass is 297 g/mol. The van der Waals surface area contributed by atoms with Crippen LogP contribution in [0.4, 0.5) is 0 Å². The molecule has 20 heavy (non-hydrogen) atoms. The lowest BCUT2D eigenvalue weighted by atomic mass is 10.3. The van der Waals surface area contributed by atoms with E-state index in [1.807, 2.05) is 0 Å². The number of hydrogen-bond donors (Lipinski definition) is 1. The Hall–Kier alpha value is -0.630. The highest BCUT2D eigenvalue weighted by Gasteiger charge is 2.29. The number of likely N-dealkylation sites (N-methyl/N-ethyl adjacent to an activating group) is 1. The van der Waals surface area contributed by atoms with Gasteiger partial charge in [-0.2, -0.15) is 0 Å². The number of nitrogens with zero attached hydrogens (tertiary/aromatic N) is 4. The third kappa shape index (κ3) is 3.16. The third-order valence-electron chi connectivity index (χ3n) is 3.90. The van der Waals surface area contributed by atoms with Crippen LogP contribution in [-0.4, -0.2) is 57.8 Å². The molecule has 2 aliphatic rings. The summed E-state index contributed by atoms with van der Waals surface area (Å²) in [5.74, 6) is 1.85. The Kier molecular flexibility index (Phi) is 4.60. The molecule has 1 saturated heterocycles. The van der Waals surface area contributed by atoms with Crippen LogP contribution in [0.3, 0.4) is 0 Å². The van der Waals surface area contributed by atoms with Gasteiger partial charge >= 0.3 is 0 Å². The molecule has 1 unspecified atom stereocenters. The summed E-state index contributed by atoms with van der Waals surface area (Å²) in [7, 11) is 0. The van der Waals surface area contributed by atoms with Gasteiger partial charge in [0.25, 0.3) is 0 Å². The van der Waals surface area contributed by atoms with E-state index < -0.39 is 0 Å². The van der Waals surface area contributed by atoms with Gasteiger partial charge in [-0.05, 0) is 19.4 Å². The molecule has 6 nitrogen and oxygen atoms in total. The first-order chi connectivity index (χ1) is 9.81. The van der Waals surface area contributed by atoms with Crippen molar-refractivity contribution in [3.05, 3.63) is 5.82 Å². The summed E-state index contributed by atoms with van der Waals surface area (Å²) in [4.78, 5) is 2.44. The van der Waals surface area contributed by atoms with Gasteiger partial charge in [0.05, 0.1) is 19.3 Å². The summed E-state index contributed by atoms with van der Waals surface area (Å²) in [6.07, 6.45) is 2.74. The molecule has 1 atom stereocenters. The molecular formula is C13H23N5OS. The highest BCUT2D eigenvalue weighted by atomic mass is 32.2. The molecular weight excluding hydrogens is 274 g/mol. The van der Waals surface area contributed by atoms with Crippen molar-refractivity contribution in [3.63, 3.8) is 0 Å². The zero-order valence-electron chi connectivity index (χ0n) is 12.0. The number of hydrogen-bond acceptors (Lipinski definition) is 6. The molecule has 0 bridgehead atoms. The van der Waals surface area contributed by atoms with Crippen LogP contribution < -0.4 is 5.73 Å². The van der Waals surface area contributed by atoms with Crippen LogP contribution in [0.15, 0.2) is 5.16 Å². The van der Waals surface area contributed by atoms with Gasteiger partial charge in [0.2, 0.25) is 0 Å². The minimum absolute atomic E-state index is 0.291. The van der Waals surface area contributed by atoms with Crippen molar-refractivity contribution in [1.29, 1.82) is 0 Å². The molecule has 0 aromatic carbocycles. The van der Waals surface area contributed by atoms with Crippen molar-refractivity contribution in [3.8, 4) is 0 Å². The summed E-state index contributed by atoms with van der Waals surface area (Å²) in [6.45, 7) is 6.67. The van der Waals surface area contributed by atoms with Crippen LogP contribution in [0.2, 0.25) is 0 Å². The quantitative estimate of drug-likeness (QED) is 0.786. The summed E-state index contributed by atoms with van der Waals surface area (Å²) >= 11 is 1.75. The van der Waals surface area contributed by atoms with E-state index in [1.54, 1.807) is 11.8 Å². The topological polar surface area (TPSA) is 69.2 Å². The molecule has 1 aromatic rings. The standard InChI is InChI=1S/C13H23N5OS/c1-2-17-5-6-19-11(8-17)9-20-13-16-15-12(7-14)18(13)10-3-4-10/h10-11H,2-9,14H2,1H3. The molecule has 0 amide bonds. The van der Waals surface area contributed by atoms with Crippen molar-refractivity contribution < 1.29 is 4.74 Å². The molecule has 1 aliphatic carbocycles. The molecule has 0 radical (unpaired) electrons. The fourth-order valence-electron chi connectivity index (χ4n) is 2.58. The number of aromatic nitrogens is 3. The average molecular weight is 297 g/mol. The van der Waals surface area contributed by atoms with E-state index in [2.05, 4.69) is 26.6 Å². The zero-order chi connectivity index (χ0) is 13.9. The van der Waals surface area contributed by atoms with Crippen molar-refractivity contribution in [2.45, 2.75) is 43.6 Å². The molecule has 2 N–H and O–H groups in total. The Bertz CT molecular complexity index is 448. The van der Waals surface area contributed by atoms with Crippen LogP contribution >= 0.6 is 11.8 Å². The average Bonchev–Trinajstić information content (AvgIpc) is 3.25. The number of nitrogens with two attached hydrogens (primary N) is 1. The number of rotatable bonds is 6. The summed E-state index contributed by atoms with van der Waals surface area (Å²) < 4.78 is 8.06. The lowest BCUT2D eigenvalue weighted by Gasteiger charge is -2.31. The van der Waals surface area contributed by atoms with E-state index in [0.29, 0.717) is 18.7 Å². The second-order valence-electron chi connectivity index (χ2n) is 5.40. The van der Waals surface area contributed by atoms with Gasteiger partial charge in [-0.1, -0.05) is 18.7 Å². The summed E-state index contributed by atoms with van der Waals surface area (Å²) in [5.41, 5.74) is 5.74. The summed E-state index contributed by atoms with van der Waals surface area (Å²) in [6, 6.07) is 0.575. The minimum Gasteiger partial charge on any atom is -0.375 e. The summed E-state index contributed by atoms with van der Waals surface area (Å²) in [5, 5.41) is 9.51. The molecule has 3 rings (SSSR count). The van der Waals surface area contributed by atoms with Gasteiger partial charge < -0.3 is 15.0 Å². The molecule has 7 heteroatoms. The van der Waals surface area contributed by atoms with Crippen molar-refractivity contribution in [2.24, 2.45) is 5.73 Å². The van der Waals surface area contributed by atoms with Gasteiger partial charge in [-0.15, -0.1) is 10.2 Å². The van der Waals surface area contributed by atoms with Crippen LogP contribution in [0.25, 0.3) is 0 Å². The van der Waals surface area contributed by atoms with E-state index in [0.717, 1.165) is 43.0 Å². The first kappa shape index (κ1) is 14.3. The number of morpholine rings is 1. The van der Waals surface area contributed by atoms with E-state index in [4.69, 9.17) is 10.5 Å². The Labute approximate surface area is 124 Å². The SMILES string of the molecule is CCN1CCOC(CSc2nnc(CN)n2C2CC2)C1. The largest absolute Gasteiger partial charge is 0.375 e. The van der Waals surface area contributed by atoms with Crippen LogP contribution in [-0.2, 0) is 11.3 Å². The van der Waals surface area contributed by atoms with Crippen LogP contribution in [0.5, 0.6) is 0 Å². The van der Waals surface area contributed by atoms with Crippen LogP contribution in [0.1, 0.15) is 31.6 Å². The maximum absolute atomic E-state index is 5.84. The predicted octanol–water partition coefficient (Wildman–Crippen LogP) is 0.885. The van der Waals surface area contributed by atoms with Gasteiger partial charge in [0.15, 0.2) is 5.16 Å². The van der Waals surface area contributed by atoms with Crippen molar-refractivity contribution in [1.82, 2.24) is 19.7 Å². The molecule has 1 aromatic heterocycles. The van der Waals surface area contributed by atoms with Gasteiger partial charge in [-0.25, -0.2) is 0 Å². The predicted molar refractivity (Wildman–Crippen MR) is 78.8 cm³/mol. The smallest absolute Gasteiger partial charge is 0.191 e. The number of thioether (sulfide) groups is 1. The lowest BCUT2D eigenvalue weighted by molar-refractivity contribution is -0.0137. The maximum atomic E-state index is 5.84. The highest BCUT2D eigenvalue weighted by molar-refractivity contribution is 7.99. The minimum atomic E-state index is 0.291. The van der Waals surface area contributed by atoms with Crippen LogP contribution in [0, 0.1) is 0 Å². The normalized spacial score (nSPS) is 24.2. The van der Waals surface area contributed by atoms with Crippen molar-refractivity contribution in [2.75, 3.05) is 32.0 Å². The zero-order valence-corrected chi connectivity index (χ0v) is 12.8. The van der Waals surface area contributed by atoms with Gasteiger partial charge in [0.1, 0.15) is 5.82 Å². The Balaban J connectivity index is 1.59. The van der Waals surface area contributed by atoms with Gasteiger partial charge in [-0.3, -0.25) is 4.90 Å². The van der Waals surface area contributed by atoms with E-state index in [9.17, 15) is 0 Å². The lowest BCUT2D eigenvalue weighted by Crippen LogP contribution is -2.43. The molecule has 112 valence electrons. The van der Waals surface area contributed by atoms with E-state index in [1.165, 1.54) is 12.8 Å².